The number of amides is 1. The van der Waals surface area contributed by atoms with Crippen molar-refractivity contribution in [2.45, 2.75) is 32.8 Å². The molecule has 11 heteroatoms. The van der Waals surface area contributed by atoms with Crippen LogP contribution in [0.3, 0.4) is 0 Å². The van der Waals surface area contributed by atoms with Gasteiger partial charge in [-0.1, -0.05) is 42.0 Å². The summed E-state index contributed by atoms with van der Waals surface area (Å²) in [5.74, 6) is -2.93. The number of aryl methyl sites for hydroxylation is 1. The van der Waals surface area contributed by atoms with E-state index in [2.05, 4.69) is 19.9 Å². The lowest BCUT2D eigenvalue weighted by molar-refractivity contribution is -0.275. The molecule has 40 heavy (non-hydrogen) atoms. The highest BCUT2D eigenvalue weighted by Crippen LogP contribution is 2.36. The van der Waals surface area contributed by atoms with E-state index in [1.807, 2.05) is 43.3 Å². The molecule has 0 unspecified atom stereocenters. The maximum Gasteiger partial charge on any atom is 0.573 e. The minimum Gasteiger partial charge on any atom is -0.403 e. The van der Waals surface area contributed by atoms with Gasteiger partial charge in [0.1, 0.15) is 0 Å². The number of nitrogens with one attached hydrogen (secondary N) is 1. The van der Waals surface area contributed by atoms with Gasteiger partial charge in [0.15, 0.2) is 11.6 Å². The average Bonchev–Trinajstić information content (AvgIpc) is 3.20. The van der Waals surface area contributed by atoms with Crippen LogP contribution in [0.15, 0.2) is 60.8 Å². The summed E-state index contributed by atoms with van der Waals surface area (Å²) >= 11 is 0. The van der Waals surface area contributed by atoms with Crippen molar-refractivity contribution in [1.29, 1.82) is 0 Å². The summed E-state index contributed by atoms with van der Waals surface area (Å²) in [4.78, 5) is 18.9. The maximum atomic E-state index is 14.8. The molecule has 0 atom stereocenters. The number of hydrogen-bond acceptors (Lipinski definition) is 4. The fraction of sp³-hybridized carbons (Fsp3) is 0.241. The largest absolute Gasteiger partial charge is 0.573 e. The van der Waals surface area contributed by atoms with Crippen molar-refractivity contribution >= 4 is 23.0 Å². The van der Waals surface area contributed by atoms with Crippen LogP contribution in [0.4, 0.5) is 26.7 Å². The van der Waals surface area contributed by atoms with Crippen LogP contribution in [0.25, 0.3) is 17.0 Å². The zero-order valence-electron chi connectivity index (χ0n) is 21.4. The van der Waals surface area contributed by atoms with Gasteiger partial charge < -0.3 is 10.1 Å². The fourth-order valence-corrected chi connectivity index (χ4v) is 4.83. The fourth-order valence-electron chi connectivity index (χ4n) is 4.83. The molecule has 0 saturated carbocycles. The standard InChI is InChI=1S/C29H25F5N4O2/c1-18-4-6-19(7-5-18)3-2-11-37-12-9-24-22(17-37)21-14-23(30)26(40-29(32,33)34)15-25(21)38(24)28(39)36-16-20-8-10-35-27(31)13-20/h2-8,10,13-15H,9,11-12,16-17H2,1H3,(H,36,39)/b3-2+. The Bertz CT molecular complexity index is 1580. The number of pyridine rings is 1. The molecule has 0 saturated heterocycles. The van der Waals surface area contributed by atoms with E-state index in [9.17, 15) is 26.7 Å². The Balaban J connectivity index is 1.45. The number of hydrogen-bond donors (Lipinski definition) is 1. The third-order valence-electron chi connectivity index (χ3n) is 6.70. The third kappa shape index (κ3) is 6.15. The van der Waals surface area contributed by atoms with Gasteiger partial charge in [0.25, 0.3) is 0 Å². The summed E-state index contributed by atoms with van der Waals surface area (Å²) in [6.45, 7) is 3.47. The van der Waals surface area contributed by atoms with E-state index < -0.39 is 29.9 Å². The van der Waals surface area contributed by atoms with Gasteiger partial charge in [-0.2, -0.15) is 4.39 Å². The lowest BCUT2D eigenvalue weighted by Crippen LogP contribution is -2.34. The topological polar surface area (TPSA) is 59.4 Å². The Kier molecular flexibility index (Phi) is 7.57. The molecule has 0 aliphatic carbocycles. The summed E-state index contributed by atoms with van der Waals surface area (Å²) < 4.78 is 72.2. The first-order valence-electron chi connectivity index (χ1n) is 12.5. The number of rotatable bonds is 6. The lowest BCUT2D eigenvalue weighted by Gasteiger charge is -2.27. The lowest BCUT2D eigenvalue weighted by atomic mass is 10.0. The van der Waals surface area contributed by atoms with Gasteiger partial charge in [0.2, 0.25) is 5.95 Å². The van der Waals surface area contributed by atoms with E-state index >= 15 is 0 Å². The Morgan fingerprint density at radius 2 is 1.90 bits per heavy atom. The van der Waals surface area contributed by atoms with Gasteiger partial charge in [-0.25, -0.2) is 14.2 Å². The zero-order chi connectivity index (χ0) is 28.4. The first kappa shape index (κ1) is 27.3. The Hall–Kier alpha value is -4.25. The van der Waals surface area contributed by atoms with Gasteiger partial charge in [-0.05, 0) is 41.8 Å². The number of alkyl halides is 3. The van der Waals surface area contributed by atoms with Gasteiger partial charge in [-0.3, -0.25) is 9.47 Å². The van der Waals surface area contributed by atoms with Crippen molar-refractivity contribution in [1.82, 2.24) is 19.8 Å². The summed E-state index contributed by atoms with van der Waals surface area (Å²) in [7, 11) is 0. The summed E-state index contributed by atoms with van der Waals surface area (Å²) in [6, 6.07) is 12.0. The molecule has 1 aliphatic heterocycles. The molecule has 1 N–H and O–H groups in total. The van der Waals surface area contributed by atoms with E-state index in [1.165, 1.54) is 16.8 Å². The zero-order valence-corrected chi connectivity index (χ0v) is 21.4. The van der Waals surface area contributed by atoms with Crippen molar-refractivity contribution in [3.05, 3.63) is 101 Å². The van der Waals surface area contributed by atoms with Crippen molar-refractivity contribution < 1.29 is 31.5 Å². The van der Waals surface area contributed by atoms with E-state index in [1.54, 1.807) is 0 Å². The van der Waals surface area contributed by atoms with Crippen LogP contribution in [0.5, 0.6) is 5.75 Å². The number of halogens is 5. The molecule has 2 aromatic heterocycles. The molecule has 0 spiro atoms. The predicted molar refractivity (Wildman–Crippen MR) is 140 cm³/mol. The molecule has 1 aliphatic rings. The van der Waals surface area contributed by atoms with Crippen molar-refractivity contribution in [3.63, 3.8) is 0 Å². The van der Waals surface area contributed by atoms with Crippen LogP contribution in [0.1, 0.15) is 27.9 Å². The smallest absolute Gasteiger partial charge is 0.403 e. The second-order valence-corrected chi connectivity index (χ2v) is 9.55. The van der Waals surface area contributed by atoms with Crippen molar-refractivity contribution in [2.75, 3.05) is 13.1 Å². The molecule has 1 amide bonds. The van der Waals surface area contributed by atoms with Gasteiger partial charge in [-0.15, -0.1) is 13.2 Å². The van der Waals surface area contributed by atoms with Crippen LogP contribution in [-0.4, -0.2) is 39.9 Å². The highest BCUT2D eigenvalue weighted by atomic mass is 19.4. The molecule has 5 rings (SSSR count). The van der Waals surface area contributed by atoms with Crippen molar-refractivity contribution in [2.24, 2.45) is 0 Å². The number of nitrogens with zero attached hydrogens (tertiary/aromatic N) is 3. The maximum absolute atomic E-state index is 14.8. The number of carbonyl (C=O) groups excluding carboxylic acids is 1. The van der Waals surface area contributed by atoms with E-state index in [-0.39, 0.29) is 12.1 Å². The highest BCUT2D eigenvalue weighted by Gasteiger charge is 2.34. The Morgan fingerprint density at radius 1 is 1.12 bits per heavy atom. The van der Waals surface area contributed by atoms with Crippen LogP contribution < -0.4 is 10.1 Å². The highest BCUT2D eigenvalue weighted by molar-refractivity contribution is 5.96. The van der Waals surface area contributed by atoms with Crippen molar-refractivity contribution in [3.8, 4) is 5.75 Å². The van der Waals surface area contributed by atoms with E-state index in [0.717, 1.165) is 29.3 Å². The predicted octanol–water partition coefficient (Wildman–Crippen LogP) is 6.35. The first-order chi connectivity index (χ1) is 19.1. The molecule has 0 fully saturated rings. The molecular weight excluding hydrogens is 531 g/mol. The van der Waals surface area contributed by atoms with Gasteiger partial charge in [0, 0.05) is 55.9 Å². The summed E-state index contributed by atoms with van der Waals surface area (Å²) in [5, 5.41) is 2.99. The Morgan fingerprint density at radius 3 is 2.62 bits per heavy atom. The van der Waals surface area contributed by atoms with E-state index in [0.29, 0.717) is 48.3 Å². The van der Waals surface area contributed by atoms with Crippen LogP contribution in [0, 0.1) is 18.7 Å². The minimum atomic E-state index is -5.11. The molecule has 3 heterocycles. The van der Waals surface area contributed by atoms with Gasteiger partial charge in [0.05, 0.1) is 5.52 Å². The monoisotopic (exact) mass is 556 g/mol. The Labute approximate surface area is 226 Å². The third-order valence-corrected chi connectivity index (χ3v) is 6.70. The molecule has 0 radical (unpaired) electrons. The first-order valence-corrected chi connectivity index (χ1v) is 12.5. The normalized spacial score (nSPS) is 14.1. The summed E-state index contributed by atoms with van der Waals surface area (Å²) in [6.07, 6.45) is 0.547. The van der Waals surface area contributed by atoms with Crippen LogP contribution >= 0.6 is 0 Å². The molecule has 0 bridgehead atoms. The molecular formula is C29H25F5N4O2. The summed E-state index contributed by atoms with van der Waals surface area (Å²) in [5.41, 5.74) is 3.95. The SMILES string of the molecule is Cc1ccc(/C=C/CN2CCc3c(c4cc(F)c(OC(F)(F)F)cc4n3C(=O)NCc3ccnc(F)c3)C2)cc1. The quantitative estimate of drug-likeness (QED) is 0.222. The number of aromatic nitrogens is 2. The number of ether oxygens (including phenoxy) is 1. The van der Waals surface area contributed by atoms with E-state index in [4.69, 9.17) is 0 Å². The molecule has 4 aromatic rings. The minimum absolute atomic E-state index is 0.0459. The molecule has 208 valence electrons. The molecule has 6 nitrogen and oxygen atoms in total. The van der Waals surface area contributed by atoms with Gasteiger partial charge >= 0.3 is 12.4 Å². The molecule has 2 aromatic carbocycles. The number of benzene rings is 2. The second-order valence-electron chi connectivity index (χ2n) is 9.55. The second kappa shape index (κ2) is 11.1. The van der Waals surface area contributed by atoms with Crippen LogP contribution in [-0.2, 0) is 19.5 Å². The average molecular weight is 557 g/mol. The van der Waals surface area contributed by atoms with Crippen LogP contribution in [0.2, 0.25) is 0 Å². The number of carbonyl (C=O) groups is 1. The number of fused-ring (bicyclic) bond motifs is 3.